The van der Waals surface area contributed by atoms with E-state index in [0.29, 0.717) is 22.6 Å². The molecule has 0 aliphatic rings. The molecule has 0 radical (unpaired) electrons. The smallest absolute Gasteiger partial charge is 0.263 e. The van der Waals surface area contributed by atoms with Crippen molar-refractivity contribution < 1.29 is 4.79 Å². The zero-order valence-electron chi connectivity index (χ0n) is 45.1. The summed E-state index contributed by atoms with van der Waals surface area (Å²) in [5, 5.41) is 0.685. The third kappa shape index (κ3) is 24.2. The lowest BCUT2D eigenvalue weighted by Crippen LogP contribution is -2.38. The number of aldehydes is 1. The number of hydrogen-bond acceptors (Lipinski definition) is 2. The number of carbonyl (C=O) groups is 1. The molecule has 4 heteroatoms. The summed E-state index contributed by atoms with van der Waals surface area (Å²) in [7, 11) is 2.12. The van der Waals surface area contributed by atoms with Crippen LogP contribution in [0.1, 0.15) is 313 Å². The minimum atomic E-state index is -0.0128. The van der Waals surface area contributed by atoms with Crippen molar-refractivity contribution in [3.63, 3.8) is 0 Å². The molecule has 2 atom stereocenters. The van der Waals surface area contributed by atoms with Crippen LogP contribution in [0.15, 0.2) is 41.5 Å². The van der Waals surface area contributed by atoms with Gasteiger partial charge in [-0.25, -0.2) is 0 Å². The number of hydrogen-bond donors (Lipinski definition) is 0. The molecule has 3 rings (SSSR count). The zero-order chi connectivity index (χ0) is 48.0. The quantitative estimate of drug-likeness (QED) is 0.0418. The minimum absolute atomic E-state index is 0.0128. The SMILES string of the molecule is CCCCCCCCCCCCC(CCCCCCCCCC)C/C(c1cccn1C)=c1/c(C=O)c(CC(CCCCCCCCCC)CCCCCCCCCCCC)c2cccn2c1=O. The molecular weight excluding hydrogens is 817 g/mol. The van der Waals surface area contributed by atoms with Gasteiger partial charge in [0.2, 0.25) is 0 Å². The second-order valence-electron chi connectivity index (χ2n) is 21.5. The number of unbranched alkanes of at least 4 members (excludes halogenated alkanes) is 32. The van der Waals surface area contributed by atoms with Crippen LogP contribution < -0.4 is 10.8 Å². The molecule has 0 N–H and O–H groups in total. The third-order valence-corrected chi connectivity index (χ3v) is 15.6. The van der Waals surface area contributed by atoms with Gasteiger partial charge in [-0.2, -0.15) is 0 Å². The van der Waals surface area contributed by atoms with E-state index in [0.717, 1.165) is 41.5 Å². The van der Waals surface area contributed by atoms with Crippen molar-refractivity contribution in [3.05, 3.63) is 69.1 Å². The molecule has 0 bridgehead atoms. The minimum Gasteiger partial charge on any atom is -0.351 e. The molecule has 3 aromatic rings. The van der Waals surface area contributed by atoms with Crippen LogP contribution >= 0.6 is 0 Å². The van der Waals surface area contributed by atoms with Gasteiger partial charge < -0.3 is 4.57 Å². The van der Waals surface area contributed by atoms with Gasteiger partial charge in [-0.15, -0.1) is 0 Å². The highest BCUT2D eigenvalue weighted by atomic mass is 16.1. The van der Waals surface area contributed by atoms with Crippen LogP contribution in [0.5, 0.6) is 0 Å². The number of rotatable bonds is 46. The van der Waals surface area contributed by atoms with Crippen molar-refractivity contribution in [1.29, 1.82) is 0 Å². The second kappa shape index (κ2) is 39.1. The van der Waals surface area contributed by atoms with Gasteiger partial charge in [0.1, 0.15) is 0 Å². The summed E-state index contributed by atoms with van der Waals surface area (Å²) in [4.78, 5) is 28.8. The summed E-state index contributed by atoms with van der Waals surface area (Å²) in [6.07, 6.45) is 60.0. The topological polar surface area (TPSA) is 43.5 Å². The normalized spacial score (nSPS) is 13.2. The fraction of sp³-hybridized carbons (Fsp3) is 0.778. The maximum Gasteiger partial charge on any atom is 0.263 e. The van der Waals surface area contributed by atoms with Gasteiger partial charge in [0.25, 0.3) is 5.56 Å². The van der Waals surface area contributed by atoms with Crippen molar-refractivity contribution in [1.82, 2.24) is 8.97 Å². The van der Waals surface area contributed by atoms with Crippen molar-refractivity contribution >= 4 is 17.4 Å². The second-order valence-corrected chi connectivity index (χ2v) is 21.5. The monoisotopic (exact) mass is 925 g/mol. The van der Waals surface area contributed by atoms with Gasteiger partial charge in [-0.05, 0) is 60.1 Å². The van der Waals surface area contributed by atoms with Crippen molar-refractivity contribution in [2.75, 3.05) is 0 Å². The van der Waals surface area contributed by atoms with Crippen LogP contribution in [0, 0.1) is 11.8 Å². The highest BCUT2D eigenvalue weighted by Crippen LogP contribution is 2.31. The van der Waals surface area contributed by atoms with E-state index in [2.05, 4.69) is 63.7 Å². The Hall–Kier alpha value is -2.62. The number of aromatic nitrogens is 2. The zero-order valence-corrected chi connectivity index (χ0v) is 45.1. The van der Waals surface area contributed by atoms with E-state index in [1.807, 2.05) is 16.7 Å². The number of pyridine rings is 1. The highest BCUT2D eigenvalue weighted by Gasteiger charge is 2.23. The summed E-state index contributed by atoms with van der Waals surface area (Å²) >= 11 is 0. The first kappa shape index (κ1) is 58.7. The molecule has 3 heterocycles. The molecule has 4 nitrogen and oxygen atoms in total. The lowest BCUT2D eigenvalue weighted by Gasteiger charge is -2.22. The highest BCUT2D eigenvalue weighted by molar-refractivity contribution is 5.84. The Bertz CT molecular complexity index is 1750. The largest absolute Gasteiger partial charge is 0.351 e. The summed E-state index contributed by atoms with van der Waals surface area (Å²) in [6, 6.07) is 8.47. The Morgan fingerprint density at radius 1 is 0.478 bits per heavy atom. The molecule has 0 aliphatic carbocycles. The van der Waals surface area contributed by atoms with Gasteiger partial charge in [0.15, 0.2) is 6.29 Å². The van der Waals surface area contributed by atoms with Crippen molar-refractivity contribution in [3.8, 4) is 0 Å². The molecule has 3 aromatic heterocycles. The lowest BCUT2D eigenvalue weighted by molar-refractivity contribution is 0.112. The van der Waals surface area contributed by atoms with Crippen LogP contribution in [0.25, 0.3) is 11.1 Å². The Balaban J connectivity index is 1.93. The molecule has 0 saturated carbocycles. The summed E-state index contributed by atoms with van der Waals surface area (Å²) in [6.45, 7) is 9.21. The van der Waals surface area contributed by atoms with E-state index in [1.54, 1.807) is 0 Å². The van der Waals surface area contributed by atoms with E-state index in [4.69, 9.17) is 0 Å². The lowest BCUT2D eigenvalue weighted by atomic mass is 9.84. The van der Waals surface area contributed by atoms with E-state index in [-0.39, 0.29) is 5.56 Å². The standard InChI is InChI=1S/C63H108N2O2/c1-6-10-14-18-22-26-28-32-36-39-45-55(44-38-34-30-24-20-16-12-8-3)52-57-59(54-66)62(63(67)65-51-43-49-61(57)65)58(60-48-42-50-64(60)5)53-56(46-40-35-31-25-21-17-13-9-4)47-41-37-33-29-27-23-19-15-11-7-2/h42-43,48-51,54-56H,6-41,44-47,52-53H2,1-5H3/b62-58+. The van der Waals surface area contributed by atoms with Crippen molar-refractivity contribution in [2.45, 2.75) is 297 Å². The number of fused-ring (bicyclic) bond motifs is 1. The van der Waals surface area contributed by atoms with Gasteiger partial charge in [-0.1, -0.05) is 285 Å². The number of carbonyl (C=O) groups excluding carboxylic acids is 1. The Labute approximate surface area is 414 Å². The molecule has 0 aromatic carbocycles. The van der Waals surface area contributed by atoms with Crippen LogP contribution in [0.3, 0.4) is 0 Å². The molecule has 0 fully saturated rings. The number of nitrogens with zero attached hydrogens (tertiary/aromatic N) is 2. The molecule has 2 unspecified atom stereocenters. The average molecular weight is 926 g/mol. The molecule has 0 aliphatic heterocycles. The predicted octanol–water partition coefficient (Wildman–Crippen LogP) is 19.2. The maximum absolute atomic E-state index is 15.0. The molecule has 0 amide bonds. The van der Waals surface area contributed by atoms with Crippen LogP contribution in [-0.4, -0.2) is 15.3 Å². The van der Waals surface area contributed by atoms with E-state index in [9.17, 15) is 9.59 Å². The summed E-state index contributed by atoms with van der Waals surface area (Å²) in [5.41, 5.74) is 4.94. The fourth-order valence-corrected chi connectivity index (χ4v) is 11.3. The summed E-state index contributed by atoms with van der Waals surface area (Å²) in [5.74, 6) is 1.01. The molecular formula is C63H108N2O2. The predicted molar refractivity (Wildman–Crippen MR) is 295 cm³/mol. The molecule has 0 saturated heterocycles. The first-order chi connectivity index (χ1) is 33.0. The maximum atomic E-state index is 15.0. The van der Waals surface area contributed by atoms with Crippen LogP contribution in [0.2, 0.25) is 0 Å². The van der Waals surface area contributed by atoms with Crippen LogP contribution in [-0.2, 0) is 13.5 Å². The van der Waals surface area contributed by atoms with Crippen LogP contribution in [0.4, 0.5) is 0 Å². The van der Waals surface area contributed by atoms with Gasteiger partial charge >= 0.3 is 0 Å². The summed E-state index contributed by atoms with van der Waals surface area (Å²) < 4.78 is 4.11. The first-order valence-electron chi connectivity index (χ1n) is 29.8. The first-order valence-corrected chi connectivity index (χ1v) is 29.8. The average Bonchev–Trinajstić information content (AvgIpc) is 4.01. The number of aryl methyl sites for hydroxylation is 1. The molecule has 0 spiro atoms. The van der Waals surface area contributed by atoms with Gasteiger partial charge in [0, 0.05) is 30.7 Å². The van der Waals surface area contributed by atoms with E-state index < -0.39 is 0 Å². The van der Waals surface area contributed by atoms with Crippen molar-refractivity contribution in [2.24, 2.45) is 18.9 Å². The molecule has 67 heavy (non-hydrogen) atoms. The Morgan fingerprint density at radius 3 is 1.19 bits per heavy atom. The van der Waals surface area contributed by atoms with Gasteiger partial charge in [0.05, 0.1) is 10.7 Å². The Kier molecular flexibility index (Phi) is 34.3. The van der Waals surface area contributed by atoms with Gasteiger partial charge in [-0.3, -0.25) is 14.0 Å². The Morgan fingerprint density at radius 2 is 0.836 bits per heavy atom. The van der Waals surface area contributed by atoms with E-state index >= 15 is 0 Å². The molecule has 382 valence electrons. The third-order valence-electron chi connectivity index (χ3n) is 15.6. The fourth-order valence-electron chi connectivity index (χ4n) is 11.3. The van der Waals surface area contributed by atoms with E-state index in [1.165, 1.54) is 257 Å².